The number of hydrogen-bond donors (Lipinski definition) is 2. The Kier molecular flexibility index (Phi) is 11.9. The van der Waals surface area contributed by atoms with Gasteiger partial charge < -0.3 is 29.3 Å². The number of likely N-dealkylation sites (tertiary alicyclic amines) is 1. The van der Waals surface area contributed by atoms with Crippen molar-refractivity contribution in [3.05, 3.63) is 76.3 Å². The van der Waals surface area contributed by atoms with Gasteiger partial charge in [-0.1, -0.05) is 13.0 Å². The predicted octanol–water partition coefficient (Wildman–Crippen LogP) is 7.26. The Morgan fingerprint density at radius 1 is 0.880 bits per heavy atom. The van der Waals surface area contributed by atoms with Crippen LogP contribution in [-0.2, 0) is 27.8 Å². The van der Waals surface area contributed by atoms with Crippen LogP contribution in [0.25, 0.3) is 44.0 Å². The molecule has 7 aliphatic rings. The number of aromatic nitrogens is 5. The van der Waals surface area contributed by atoms with Gasteiger partial charge in [-0.15, -0.1) is 0 Å². The highest BCUT2D eigenvalue weighted by Crippen LogP contribution is 2.54. The van der Waals surface area contributed by atoms with E-state index in [9.17, 15) is 19.5 Å². The topological polar surface area (TPSA) is 163 Å². The second-order valence-electron chi connectivity index (χ2n) is 23.3. The quantitative estimate of drug-likeness (QED) is 0.118. The molecule has 5 saturated heterocycles. The Morgan fingerprint density at radius 3 is 2.41 bits per heavy atom. The summed E-state index contributed by atoms with van der Waals surface area (Å²) >= 11 is 0. The summed E-state index contributed by atoms with van der Waals surface area (Å²) in [6, 6.07) is 11.5. The molecular weight excluding hydrogens is 959 g/mol. The highest BCUT2D eigenvalue weighted by Gasteiger charge is 2.50. The number of anilines is 2. The van der Waals surface area contributed by atoms with Gasteiger partial charge in [-0.25, -0.2) is 13.6 Å². The molecular formula is C57H66F2N10O6. The summed E-state index contributed by atoms with van der Waals surface area (Å²) in [6.45, 7) is 12.4. The van der Waals surface area contributed by atoms with Crippen LogP contribution >= 0.6 is 0 Å². The first-order valence-corrected chi connectivity index (χ1v) is 27.4. The maximum atomic E-state index is 17.3. The van der Waals surface area contributed by atoms with Crippen LogP contribution in [0, 0.1) is 28.4 Å². The number of fused-ring (bicyclic) bond motifs is 3. The minimum atomic E-state index is -0.696. The van der Waals surface area contributed by atoms with Crippen LogP contribution in [0.2, 0.25) is 0 Å². The lowest BCUT2D eigenvalue weighted by Crippen LogP contribution is -2.56. The molecule has 2 aliphatic carbocycles. The number of carbonyl (C=O) groups is 2. The number of aryl methyl sites for hydroxylation is 2. The highest BCUT2D eigenvalue weighted by molar-refractivity contribution is 6.02. The van der Waals surface area contributed by atoms with Crippen molar-refractivity contribution in [1.82, 2.24) is 39.2 Å². The van der Waals surface area contributed by atoms with Gasteiger partial charge in [-0.3, -0.25) is 33.9 Å². The number of hydrogen-bond acceptors (Lipinski definition) is 13. The number of rotatable bonds is 12. The van der Waals surface area contributed by atoms with Crippen molar-refractivity contribution in [1.29, 1.82) is 0 Å². The van der Waals surface area contributed by atoms with Crippen LogP contribution in [0.3, 0.4) is 0 Å². The molecule has 75 heavy (non-hydrogen) atoms. The second kappa shape index (κ2) is 18.5. The van der Waals surface area contributed by atoms with E-state index in [-0.39, 0.29) is 52.0 Å². The second-order valence-corrected chi connectivity index (χ2v) is 23.3. The number of phenolic OH excluding ortho intramolecular Hbond substituents is 1. The lowest BCUT2D eigenvalue weighted by Gasteiger charge is -2.54. The normalized spacial score (nSPS) is 24.1. The number of nitrogens with zero attached hydrogens (tertiary/aromatic N) is 9. The fraction of sp³-hybridized carbons (Fsp3) is 0.544. The first kappa shape index (κ1) is 48.4. The number of piperazine rings is 1. The number of benzene rings is 3. The fourth-order valence-corrected chi connectivity index (χ4v) is 14.0. The van der Waals surface area contributed by atoms with Crippen LogP contribution in [0.4, 0.5) is 20.3 Å². The molecule has 3 aromatic heterocycles. The van der Waals surface area contributed by atoms with Crippen molar-refractivity contribution in [2.75, 3.05) is 88.5 Å². The average Bonchev–Trinajstić information content (AvgIpc) is 4.12. The molecule has 3 aromatic carbocycles. The molecule has 2 saturated carbocycles. The lowest BCUT2D eigenvalue weighted by atomic mass is 9.57. The molecule has 0 bridgehead atoms. The molecule has 7 fully saturated rings. The molecule has 2 spiro atoms. The Bertz CT molecular complexity index is 3330. The molecule has 1 unspecified atom stereocenters. The van der Waals surface area contributed by atoms with Gasteiger partial charge in [0.25, 0.3) is 0 Å². The Labute approximate surface area is 434 Å². The maximum absolute atomic E-state index is 17.3. The zero-order valence-electron chi connectivity index (χ0n) is 43.0. The van der Waals surface area contributed by atoms with Gasteiger partial charge in [0.15, 0.2) is 5.82 Å². The standard InChI is InChI=1S/C57H66F2N10O6/c1-3-39-42(58)7-5-36-25-38(70)27-40(47(36)39)49-48(59)50-41(30-60-49)51(68-17-4-11-57(33-68)16-24-75-57)63-53(62-50)74-34-56(12-13-56)32-66-18-14-55(15-19-66)28-35(29-55)31-65-20-22-67(23-21-65)37-6-8-43-45(26-37)64(2)54(73)69(43)44-9-10-46(71)61-52(44)72/h5-8,25-27,30,35,44,70H,3-4,9-24,28-29,31-34H2,1-2H3,(H,61,71,72)/t44?,57-/m0/s1. The van der Waals surface area contributed by atoms with Gasteiger partial charge in [-0.2, -0.15) is 9.97 Å². The smallest absolute Gasteiger partial charge is 0.329 e. The van der Waals surface area contributed by atoms with Crippen LogP contribution in [0.5, 0.6) is 11.8 Å². The summed E-state index contributed by atoms with van der Waals surface area (Å²) in [7, 11) is 1.74. The third kappa shape index (κ3) is 8.68. The summed E-state index contributed by atoms with van der Waals surface area (Å²) in [6.07, 6.45) is 12.4. The van der Waals surface area contributed by atoms with Crippen molar-refractivity contribution >= 4 is 56.0 Å². The number of ether oxygens (including phenoxy) is 2. The summed E-state index contributed by atoms with van der Waals surface area (Å²) < 4.78 is 48.3. The number of pyridine rings is 1. The molecule has 6 aromatic rings. The van der Waals surface area contributed by atoms with Crippen molar-refractivity contribution in [3.63, 3.8) is 0 Å². The summed E-state index contributed by atoms with van der Waals surface area (Å²) in [5.41, 5.74) is 3.28. The van der Waals surface area contributed by atoms with Crippen molar-refractivity contribution in [2.24, 2.45) is 23.8 Å². The van der Waals surface area contributed by atoms with Crippen molar-refractivity contribution < 1.29 is 33.0 Å². The number of piperidine rings is 3. The number of phenols is 1. The summed E-state index contributed by atoms with van der Waals surface area (Å²) in [5.74, 6) is -0.566. The summed E-state index contributed by atoms with van der Waals surface area (Å²) in [4.78, 5) is 62.0. The number of halogens is 2. The molecule has 8 heterocycles. The van der Waals surface area contributed by atoms with E-state index in [1.807, 2.05) is 13.0 Å². The van der Waals surface area contributed by atoms with Gasteiger partial charge in [-0.05, 0) is 141 Å². The molecule has 13 rings (SSSR count). The van der Waals surface area contributed by atoms with E-state index in [1.54, 1.807) is 29.9 Å². The number of aromatic hydroxyl groups is 1. The Balaban J connectivity index is 0.639. The zero-order valence-corrected chi connectivity index (χ0v) is 43.0. The molecule has 2 atom stereocenters. The highest BCUT2D eigenvalue weighted by atomic mass is 19.1. The SMILES string of the molecule is CCc1c(F)ccc2cc(O)cc(-c3ncc4c(N5CCC[C@]6(CCO6)C5)nc(OCC5(CN6CCC7(CC6)CC(CN6CCN(c8ccc9c(c8)n(C)c(=O)n9C8CCC(=O)NC8=O)CC6)C7)CC5)nc4c3F)c12. The number of nitrogens with one attached hydrogen (secondary N) is 1. The number of carbonyl (C=O) groups excluding carboxylic acids is 2. The van der Waals surface area contributed by atoms with Gasteiger partial charge in [0.2, 0.25) is 11.8 Å². The third-order valence-electron chi connectivity index (χ3n) is 18.4. The third-order valence-corrected chi connectivity index (χ3v) is 18.4. The van der Waals surface area contributed by atoms with E-state index in [2.05, 4.69) is 42.0 Å². The molecule has 18 heteroatoms. The van der Waals surface area contributed by atoms with Crippen LogP contribution in [0.1, 0.15) is 89.2 Å². The predicted molar refractivity (Wildman–Crippen MR) is 281 cm³/mol. The van der Waals surface area contributed by atoms with Crippen LogP contribution < -0.4 is 25.5 Å². The van der Waals surface area contributed by atoms with Gasteiger partial charge in [0, 0.05) is 95.1 Å². The Morgan fingerprint density at radius 2 is 1.68 bits per heavy atom. The zero-order chi connectivity index (χ0) is 51.4. The van der Waals surface area contributed by atoms with Crippen LogP contribution in [-0.4, -0.2) is 135 Å². The molecule has 16 nitrogen and oxygen atoms in total. The monoisotopic (exact) mass is 1020 g/mol. The van der Waals surface area contributed by atoms with Gasteiger partial charge in [0.1, 0.15) is 34.6 Å². The van der Waals surface area contributed by atoms with Crippen LogP contribution in [0.15, 0.2) is 53.5 Å². The lowest BCUT2D eigenvalue weighted by molar-refractivity contribution is -0.151. The van der Waals surface area contributed by atoms with E-state index in [0.29, 0.717) is 75.9 Å². The minimum absolute atomic E-state index is 0.0140. The molecule has 394 valence electrons. The number of imidazole rings is 1. The van der Waals surface area contributed by atoms with E-state index in [4.69, 9.17) is 19.4 Å². The molecule has 5 aliphatic heterocycles. The Hall–Kier alpha value is -6.24. The van der Waals surface area contributed by atoms with E-state index >= 15 is 8.78 Å². The van der Waals surface area contributed by atoms with Crippen molar-refractivity contribution in [3.8, 4) is 23.0 Å². The molecule has 2 amide bonds. The van der Waals surface area contributed by atoms with Gasteiger partial charge in [0.05, 0.1) is 35.2 Å². The first-order chi connectivity index (χ1) is 36.3. The van der Waals surface area contributed by atoms with E-state index < -0.39 is 23.6 Å². The molecule has 0 radical (unpaired) electrons. The number of amides is 2. The van der Waals surface area contributed by atoms with Crippen molar-refractivity contribution in [2.45, 2.75) is 95.6 Å². The summed E-state index contributed by atoms with van der Waals surface area (Å²) in [5, 5.41) is 14.8. The maximum Gasteiger partial charge on any atom is 0.329 e. The number of imide groups is 1. The van der Waals surface area contributed by atoms with E-state index in [1.165, 1.54) is 42.4 Å². The molecule has 2 N–H and O–H groups in total. The largest absolute Gasteiger partial charge is 0.508 e. The average molecular weight is 1030 g/mol. The first-order valence-electron chi connectivity index (χ1n) is 27.4. The van der Waals surface area contributed by atoms with E-state index in [0.717, 1.165) is 109 Å². The van der Waals surface area contributed by atoms with Gasteiger partial charge >= 0.3 is 11.7 Å². The fourth-order valence-electron chi connectivity index (χ4n) is 14.0. The minimum Gasteiger partial charge on any atom is -0.508 e.